The SMILES string of the molecule is C=CNC(=O)OCCOC. The zero-order chi connectivity index (χ0) is 7.82. The molecule has 0 aromatic rings. The number of hydrogen-bond acceptors (Lipinski definition) is 3. The third-order valence-electron chi connectivity index (χ3n) is 0.741. The summed E-state index contributed by atoms with van der Waals surface area (Å²) in [7, 11) is 1.54. The highest BCUT2D eigenvalue weighted by atomic mass is 16.6. The van der Waals surface area contributed by atoms with E-state index in [1.165, 1.54) is 13.3 Å². The van der Waals surface area contributed by atoms with E-state index < -0.39 is 6.09 Å². The maximum absolute atomic E-state index is 10.5. The Morgan fingerprint density at radius 2 is 2.40 bits per heavy atom. The summed E-state index contributed by atoms with van der Waals surface area (Å²) in [6.45, 7) is 3.95. The second-order valence-electron chi connectivity index (χ2n) is 1.48. The van der Waals surface area contributed by atoms with Gasteiger partial charge in [0.2, 0.25) is 0 Å². The van der Waals surface area contributed by atoms with Gasteiger partial charge in [-0.25, -0.2) is 4.79 Å². The average Bonchev–Trinajstić information content (AvgIpc) is 1.89. The normalized spacial score (nSPS) is 8.50. The van der Waals surface area contributed by atoms with Crippen LogP contribution in [-0.2, 0) is 9.47 Å². The van der Waals surface area contributed by atoms with Gasteiger partial charge in [0.05, 0.1) is 6.61 Å². The van der Waals surface area contributed by atoms with Crippen molar-refractivity contribution >= 4 is 6.09 Å². The van der Waals surface area contributed by atoms with Gasteiger partial charge in [0.1, 0.15) is 6.61 Å². The smallest absolute Gasteiger partial charge is 0.411 e. The van der Waals surface area contributed by atoms with Crippen LogP contribution in [0.4, 0.5) is 4.79 Å². The molecular weight excluding hydrogens is 134 g/mol. The van der Waals surface area contributed by atoms with Crippen molar-refractivity contribution in [2.24, 2.45) is 0 Å². The molecule has 0 spiro atoms. The average molecular weight is 145 g/mol. The van der Waals surface area contributed by atoms with Gasteiger partial charge in [-0.05, 0) is 6.20 Å². The largest absolute Gasteiger partial charge is 0.447 e. The fourth-order valence-electron chi connectivity index (χ4n) is 0.343. The van der Waals surface area contributed by atoms with E-state index in [4.69, 9.17) is 0 Å². The first kappa shape index (κ1) is 8.97. The minimum Gasteiger partial charge on any atom is -0.447 e. The minimum atomic E-state index is -0.507. The van der Waals surface area contributed by atoms with Gasteiger partial charge in [-0.2, -0.15) is 0 Å². The maximum atomic E-state index is 10.5. The van der Waals surface area contributed by atoms with Gasteiger partial charge in [0, 0.05) is 7.11 Å². The number of alkyl carbamates (subject to hydrolysis) is 1. The number of carbonyl (C=O) groups is 1. The molecule has 0 atom stereocenters. The second kappa shape index (κ2) is 6.10. The lowest BCUT2D eigenvalue weighted by atomic mass is 10.8. The summed E-state index contributed by atoms with van der Waals surface area (Å²) in [4.78, 5) is 10.5. The Hall–Kier alpha value is -1.03. The zero-order valence-electron chi connectivity index (χ0n) is 5.92. The molecule has 0 aliphatic heterocycles. The summed E-state index contributed by atoms with van der Waals surface area (Å²) in [5.74, 6) is 0. The van der Waals surface area contributed by atoms with Gasteiger partial charge >= 0.3 is 6.09 Å². The maximum Gasteiger partial charge on any atom is 0.411 e. The fraction of sp³-hybridized carbons (Fsp3) is 0.500. The summed E-state index contributed by atoms with van der Waals surface area (Å²) in [6.07, 6.45) is 0.752. The molecule has 0 saturated carbocycles. The van der Waals surface area contributed by atoms with Crippen molar-refractivity contribution in [1.82, 2.24) is 5.32 Å². The van der Waals surface area contributed by atoms with Crippen LogP contribution in [0.2, 0.25) is 0 Å². The molecule has 0 fully saturated rings. The van der Waals surface area contributed by atoms with Crippen LogP contribution >= 0.6 is 0 Å². The number of carbonyl (C=O) groups excluding carboxylic acids is 1. The summed E-state index contributed by atoms with van der Waals surface area (Å²) < 4.78 is 9.22. The Balaban J connectivity index is 3.13. The quantitative estimate of drug-likeness (QED) is 0.586. The summed E-state index contributed by atoms with van der Waals surface area (Å²) >= 11 is 0. The standard InChI is InChI=1S/C6H11NO3/c1-3-7-6(8)10-5-4-9-2/h3H,1,4-5H2,2H3,(H,7,8). The van der Waals surface area contributed by atoms with E-state index in [-0.39, 0.29) is 6.61 Å². The minimum absolute atomic E-state index is 0.260. The van der Waals surface area contributed by atoms with Crippen molar-refractivity contribution < 1.29 is 14.3 Å². The summed E-state index contributed by atoms with van der Waals surface area (Å²) in [5.41, 5.74) is 0. The molecule has 0 bridgehead atoms. The molecule has 4 heteroatoms. The Morgan fingerprint density at radius 3 is 2.90 bits per heavy atom. The van der Waals surface area contributed by atoms with Gasteiger partial charge in [-0.3, -0.25) is 5.32 Å². The van der Waals surface area contributed by atoms with E-state index in [1.54, 1.807) is 0 Å². The molecule has 0 rings (SSSR count). The van der Waals surface area contributed by atoms with Gasteiger partial charge in [0.25, 0.3) is 0 Å². The predicted molar refractivity (Wildman–Crippen MR) is 36.6 cm³/mol. The number of amides is 1. The summed E-state index contributed by atoms with van der Waals surface area (Å²) in [5, 5.41) is 2.25. The molecule has 0 aliphatic carbocycles. The molecule has 0 saturated heterocycles. The molecule has 0 aliphatic rings. The molecule has 0 aromatic heterocycles. The monoisotopic (exact) mass is 145 g/mol. The highest BCUT2D eigenvalue weighted by Gasteiger charge is 1.95. The molecule has 1 N–H and O–H groups in total. The number of methoxy groups -OCH3 is 1. The predicted octanol–water partition coefficient (Wildman–Crippen LogP) is 0.502. The molecule has 0 aromatic carbocycles. The fourth-order valence-corrected chi connectivity index (χ4v) is 0.343. The first-order valence-corrected chi connectivity index (χ1v) is 2.84. The third kappa shape index (κ3) is 5.11. The van der Waals surface area contributed by atoms with Crippen LogP contribution in [0.15, 0.2) is 12.8 Å². The van der Waals surface area contributed by atoms with Gasteiger partial charge in [-0.15, -0.1) is 0 Å². The Morgan fingerprint density at radius 1 is 1.70 bits per heavy atom. The highest BCUT2D eigenvalue weighted by molar-refractivity contribution is 5.68. The molecule has 4 nitrogen and oxygen atoms in total. The molecule has 0 radical (unpaired) electrons. The van der Waals surface area contributed by atoms with Crippen molar-refractivity contribution in [2.45, 2.75) is 0 Å². The van der Waals surface area contributed by atoms with Crippen LogP contribution in [0.3, 0.4) is 0 Å². The lowest BCUT2D eigenvalue weighted by molar-refractivity contribution is 0.101. The number of ether oxygens (including phenoxy) is 2. The lowest BCUT2D eigenvalue weighted by Crippen LogP contribution is -2.19. The van der Waals surface area contributed by atoms with Crippen LogP contribution in [-0.4, -0.2) is 26.4 Å². The van der Waals surface area contributed by atoms with E-state index in [2.05, 4.69) is 21.4 Å². The number of hydrogen-bond donors (Lipinski definition) is 1. The Bertz CT molecular complexity index is 114. The Labute approximate surface area is 59.8 Å². The van der Waals surface area contributed by atoms with Gasteiger partial charge in [0.15, 0.2) is 0 Å². The first-order chi connectivity index (χ1) is 4.81. The van der Waals surface area contributed by atoms with E-state index in [0.717, 1.165) is 0 Å². The third-order valence-corrected chi connectivity index (χ3v) is 0.741. The van der Waals surface area contributed by atoms with Crippen molar-refractivity contribution in [3.8, 4) is 0 Å². The van der Waals surface area contributed by atoms with Gasteiger partial charge < -0.3 is 9.47 Å². The topological polar surface area (TPSA) is 47.6 Å². The highest BCUT2D eigenvalue weighted by Crippen LogP contribution is 1.77. The summed E-state index contributed by atoms with van der Waals surface area (Å²) in [6, 6.07) is 0. The van der Waals surface area contributed by atoms with E-state index in [1.807, 2.05) is 0 Å². The number of nitrogens with one attached hydrogen (secondary N) is 1. The number of rotatable bonds is 4. The zero-order valence-corrected chi connectivity index (χ0v) is 5.92. The van der Waals surface area contributed by atoms with E-state index >= 15 is 0 Å². The van der Waals surface area contributed by atoms with Crippen LogP contribution in [0.5, 0.6) is 0 Å². The molecule has 0 unspecified atom stereocenters. The van der Waals surface area contributed by atoms with Crippen molar-refractivity contribution in [3.63, 3.8) is 0 Å². The first-order valence-electron chi connectivity index (χ1n) is 2.84. The van der Waals surface area contributed by atoms with Crippen molar-refractivity contribution in [3.05, 3.63) is 12.8 Å². The van der Waals surface area contributed by atoms with Crippen LogP contribution in [0.1, 0.15) is 0 Å². The van der Waals surface area contributed by atoms with Crippen LogP contribution in [0, 0.1) is 0 Å². The molecule has 58 valence electrons. The second-order valence-corrected chi connectivity index (χ2v) is 1.48. The van der Waals surface area contributed by atoms with E-state index in [9.17, 15) is 4.79 Å². The van der Waals surface area contributed by atoms with Crippen LogP contribution in [0.25, 0.3) is 0 Å². The van der Waals surface area contributed by atoms with Crippen molar-refractivity contribution in [1.29, 1.82) is 0 Å². The van der Waals surface area contributed by atoms with Crippen LogP contribution < -0.4 is 5.32 Å². The van der Waals surface area contributed by atoms with E-state index in [0.29, 0.717) is 6.61 Å². The molecule has 0 heterocycles. The Kier molecular flexibility index (Phi) is 5.47. The molecular formula is C6H11NO3. The van der Waals surface area contributed by atoms with Crippen molar-refractivity contribution in [2.75, 3.05) is 20.3 Å². The molecule has 10 heavy (non-hydrogen) atoms. The molecule has 1 amide bonds. The lowest BCUT2D eigenvalue weighted by Gasteiger charge is -2.01. The van der Waals surface area contributed by atoms with Gasteiger partial charge in [-0.1, -0.05) is 6.58 Å².